The molecule has 1 aromatic heterocycles. The van der Waals surface area contributed by atoms with Crippen LogP contribution in [0.25, 0.3) is 0 Å². The SMILES string of the molecule is Cc1n[nH]c(C)c1NC1CC(O)C1(C)C. The van der Waals surface area contributed by atoms with E-state index >= 15 is 0 Å². The van der Waals surface area contributed by atoms with Crippen LogP contribution < -0.4 is 5.32 Å². The molecule has 0 saturated heterocycles. The van der Waals surface area contributed by atoms with Crippen LogP contribution in [0.2, 0.25) is 0 Å². The number of hydrogen-bond donors (Lipinski definition) is 3. The van der Waals surface area contributed by atoms with E-state index in [0.717, 1.165) is 23.5 Å². The maximum Gasteiger partial charge on any atom is 0.0825 e. The molecule has 1 fully saturated rings. The molecule has 1 saturated carbocycles. The van der Waals surface area contributed by atoms with Gasteiger partial charge in [0.2, 0.25) is 0 Å². The predicted molar refractivity (Wildman–Crippen MR) is 59.9 cm³/mol. The Morgan fingerprint density at radius 2 is 2.13 bits per heavy atom. The van der Waals surface area contributed by atoms with Crippen LogP contribution >= 0.6 is 0 Å². The second-order valence-corrected chi connectivity index (χ2v) is 5.08. The molecule has 0 amide bonds. The van der Waals surface area contributed by atoms with E-state index < -0.39 is 0 Å². The van der Waals surface area contributed by atoms with Gasteiger partial charge in [0, 0.05) is 11.5 Å². The van der Waals surface area contributed by atoms with E-state index in [1.807, 2.05) is 13.8 Å². The molecule has 4 heteroatoms. The zero-order chi connectivity index (χ0) is 11.2. The van der Waals surface area contributed by atoms with E-state index in [0.29, 0.717) is 6.04 Å². The fourth-order valence-corrected chi connectivity index (χ4v) is 2.09. The van der Waals surface area contributed by atoms with Gasteiger partial charge in [-0.3, -0.25) is 5.10 Å². The topological polar surface area (TPSA) is 60.9 Å². The molecule has 2 rings (SSSR count). The highest BCUT2D eigenvalue weighted by molar-refractivity contribution is 5.53. The third-order valence-corrected chi connectivity index (χ3v) is 3.66. The normalized spacial score (nSPS) is 28.6. The highest BCUT2D eigenvalue weighted by Crippen LogP contribution is 2.42. The standard InChI is InChI=1S/C11H19N3O/c1-6-10(7(2)14-13-6)12-8-5-9(15)11(8,3)4/h8-9,12,15H,5H2,1-4H3,(H,13,14). The zero-order valence-electron chi connectivity index (χ0n) is 9.76. The van der Waals surface area contributed by atoms with Crippen molar-refractivity contribution < 1.29 is 5.11 Å². The van der Waals surface area contributed by atoms with Crippen molar-refractivity contribution in [3.8, 4) is 0 Å². The molecule has 1 aliphatic carbocycles. The Bertz CT molecular complexity index is 350. The zero-order valence-corrected chi connectivity index (χ0v) is 9.76. The molecule has 15 heavy (non-hydrogen) atoms. The van der Waals surface area contributed by atoms with Crippen molar-refractivity contribution >= 4 is 5.69 Å². The lowest BCUT2D eigenvalue weighted by Gasteiger charge is -2.49. The van der Waals surface area contributed by atoms with Gasteiger partial charge < -0.3 is 10.4 Å². The van der Waals surface area contributed by atoms with Crippen LogP contribution in [0.4, 0.5) is 5.69 Å². The average molecular weight is 209 g/mol. The molecular formula is C11H19N3O. The summed E-state index contributed by atoms with van der Waals surface area (Å²) in [6, 6.07) is 0.336. The van der Waals surface area contributed by atoms with Crippen molar-refractivity contribution in [2.24, 2.45) is 5.41 Å². The summed E-state index contributed by atoms with van der Waals surface area (Å²) in [4.78, 5) is 0. The number of anilines is 1. The smallest absolute Gasteiger partial charge is 0.0825 e. The molecule has 84 valence electrons. The first-order valence-electron chi connectivity index (χ1n) is 5.39. The van der Waals surface area contributed by atoms with Crippen LogP contribution in [0.5, 0.6) is 0 Å². The Hall–Kier alpha value is -1.03. The summed E-state index contributed by atoms with van der Waals surface area (Å²) in [6.45, 7) is 8.16. The van der Waals surface area contributed by atoms with Crippen LogP contribution in [0.15, 0.2) is 0 Å². The van der Waals surface area contributed by atoms with E-state index in [9.17, 15) is 5.11 Å². The summed E-state index contributed by atoms with van der Waals surface area (Å²) in [7, 11) is 0. The molecule has 1 aromatic rings. The number of rotatable bonds is 2. The van der Waals surface area contributed by atoms with Crippen molar-refractivity contribution in [1.29, 1.82) is 0 Å². The summed E-state index contributed by atoms with van der Waals surface area (Å²) in [6.07, 6.45) is 0.624. The van der Waals surface area contributed by atoms with Gasteiger partial charge in [-0.15, -0.1) is 0 Å². The first-order valence-corrected chi connectivity index (χ1v) is 5.39. The Morgan fingerprint density at radius 3 is 2.53 bits per heavy atom. The van der Waals surface area contributed by atoms with Gasteiger partial charge in [0.1, 0.15) is 0 Å². The first kappa shape index (κ1) is 10.5. The average Bonchev–Trinajstić information content (AvgIpc) is 2.48. The third kappa shape index (κ3) is 1.53. The van der Waals surface area contributed by atoms with Crippen LogP contribution in [-0.4, -0.2) is 27.4 Å². The van der Waals surface area contributed by atoms with Crippen molar-refractivity contribution in [2.45, 2.75) is 46.3 Å². The lowest BCUT2D eigenvalue weighted by Crippen LogP contribution is -2.57. The number of aliphatic hydroxyl groups is 1. The molecule has 3 N–H and O–H groups in total. The van der Waals surface area contributed by atoms with E-state index in [-0.39, 0.29) is 11.5 Å². The van der Waals surface area contributed by atoms with Crippen molar-refractivity contribution in [2.75, 3.05) is 5.32 Å². The van der Waals surface area contributed by atoms with Crippen LogP contribution in [-0.2, 0) is 0 Å². The molecule has 2 atom stereocenters. The van der Waals surface area contributed by atoms with E-state index in [1.165, 1.54) is 0 Å². The van der Waals surface area contributed by atoms with Crippen molar-refractivity contribution in [1.82, 2.24) is 10.2 Å². The predicted octanol–water partition coefficient (Wildman–Crippen LogP) is 1.60. The quantitative estimate of drug-likeness (QED) is 0.693. The molecule has 1 heterocycles. The largest absolute Gasteiger partial charge is 0.392 e. The number of H-pyrrole nitrogens is 1. The molecular weight excluding hydrogens is 190 g/mol. The monoisotopic (exact) mass is 209 g/mol. The summed E-state index contributed by atoms with van der Waals surface area (Å²) in [5.74, 6) is 0. The maximum absolute atomic E-state index is 9.65. The van der Waals surface area contributed by atoms with Crippen molar-refractivity contribution in [3.05, 3.63) is 11.4 Å². The number of hydrogen-bond acceptors (Lipinski definition) is 3. The highest BCUT2D eigenvalue weighted by atomic mass is 16.3. The molecule has 0 radical (unpaired) electrons. The number of aliphatic hydroxyl groups excluding tert-OH is 1. The van der Waals surface area contributed by atoms with E-state index in [4.69, 9.17) is 0 Å². The van der Waals surface area contributed by atoms with Gasteiger partial charge in [0.15, 0.2) is 0 Å². The number of aromatic amines is 1. The lowest BCUT2D eigenvalue weighted by atomic mass is 9.64. The van der Waals surface area contributed by atoms with E-state index in [1.54, 1.807) is 0 Å². The lowest BCUT2D eigenvalue weighted by molar-refractivity contribution is -0.0510. The third-order valence-electron chi connectivity index (χ3n) is 3.66. The van der Waals surface area contributed by atoms with Gasteiger partial charge in [0.25, 0.3) is 0 Å². The molecule has 0 aromatic carbocycles. The van der Waals surface area contributed by atoms with Gasteiger partial charge in [-0.1, -0.05) is 13.8 Å². The highest BCUT2D eigenvalue weighted by Gasteiger charge is 2.47. The molecule has 0 aliphatic heterocycles. The Morgan fingerprint density at radius 1 is 1.47 bits per heavy atom. The van der Waals surface area contributed by atoms with Crippen LogP contribution in [0.3, 0.4) is 0 Å². The van der Waals surface area contributed by atoms with Crippen LogP contribution in [0.1, 0.15) is 31.7 Å². The fourth-order valence-electron chi connectivity index (χ4n) is 2.09. The van der Waals surface area contributed by atoms with Gasteiger partial charge in [-0.25, -0.2) is 0 Å². The summed E-state index contributed by atoms with van der Waals surface area (Å²) in [5.41, 5.74) is 3.09. The molecule has 0 bridgehead atoms. The molecule has 2 unspecified atom stereocenters. The van der Waals surface area contributed by atoms with Gasteiger partial charge >= 0.3 is 0 Å². The molecule has 0 spiro atoms. The fraction of sp³-hybridized carbons (Fsp3) is 0.727. The van der Waals surface area contributed by atoms with Gasteiger partial charge in [0.05, 0.1) is 23.2 Å². The minimum atomic E-state index is -0.192. The number of nitrogens with zero attached hydrogens (tertiary/aromatic N) is 1. The Labute approximate surface area is 90.1 Å². The minimum Gasteiger partial charge on any atom is -0.392 e. The number of nitrogens with one attached hydrogen (secondary N) is 2. The Kier molecular flexibility index (Phi) is 2.26. The van der Waals surface area contributed by atoms with Gasteiger partial charge in [-0.2, -0.15) is 5.10 Å². The number of aryl methyl sites for hydroxylation is 2. The second-order valence-electron chi connectivity index (χ2n) is 5.08. The molecule has 4 nitrogen and oxygen atoms in total. The second kappa shape index (κ2) is 3.23. The number of aromatic nitrogens is 2. The van der Waals surface area contributed by atoms with Crippen LogP contribution in [0, 0.1) is 19.3 Å². The van der Waals surface area contributed by atoms with Crippen molar-refractivity contribution in [3.63, 3.8) is 0 Å². The van der Waals surface area contributed by atoms with Gasteiger partial charge in [-0.05, 0) is 20.3 Å². The van der Waals surface area contributed by atoms with E-state index in [2.05, 4.69) is 29.4 Å². The molecule has 1 aliphatic rings. The Balaban J connectivity index is 2.11. The minimum absolute atomic E-state index is 0.0455. The maximum atomic E-state index is 9.65. The summed E-state index contributed by atoms with van der Waals surface area (Å²) >= 11 is 0. The summed E-state index contributed by atoms with van der Waals surface area (Å²) < 4.78 is 0. The summed E-state index contributed by atoms with van der Waals surface area (Å²) in [5, 5.41) is 20.2. The first-order chi connectivity index (χ1) is 6.93.